The minimum absolute atomic E-state index is 0.338. The highest BCUT2D eigenvalue weighted by Gasteiger charge is 2.10. The minimum Gasteiger partial charge on any atom is -0.497 e. The van der Waals surface area contributed by atoms with Gasteiger partial charge in [-0.1, -0.05) is 55.1 Å². The van der Waals surface area contributed by atoms with Crippen LogP contribution >= 0.6 is 0 Å². The van der Waals surface area contributed by atoms with E-state index in [1.165, 1.54) is 0 Å². The molecule has 0 saturated carbocycles. The molecule has 0 aliphatic carbocycles. The lowest BCUT2D eigenvalue weighted by atomic mass is 10.0. The number of ether oxygens (including phenoxy) is 3. The van der Waals surface area contributed by atoms with Crippen molar-refractivity contribution in [1.82, 2.24) is 0 Å². The summed E-state index contributed by atoms with van der Waals surface area (Å²) in [4.78, 5) is 24.2. The van der Waals surface area contributed by atoms with Crippen LogP contribution in [-0.4, -0.2) is 19.0 Å². The molecule has 0 spiro atoms. The van der Waals surface area contributed by atoms with Crippen LogP contribution in [-0.2, 0) is 4.79 Å². The quantitative estimate of drug-likeness (QED) is 0.172. The molecule has 5 nitrogen and oxygen atoms in total. The number of hydrogen-bond donors (Lipinski definition) is 0. The van der Waals surface area contributed by atoms with Crippen molar-refractivity contribution in [3.8, 4) is 39.5 Å². The van der Waals surface area contributed by atoms with Crippen LogP contribution in [0.4, 0.5) is 0 Å². The molecule has 4 aromatic rings. The molecule has 0 amide bonds. The number of rotatable bonds is 7. The maximum Gasteiger partial charge on any atom is 0.343 e. The van der Waals surface area contributed by atoms with Gasteiger partial charge in [-0.3, -0.25) is 0 Å². The Morgan fingerprint density at radius 1 is 0.571 bits per heavy atom. The summed E-state index contributed by atoms with van der Waals surface area (Å²) < 4.78 is 15.9. The summed E-state index contributed by atoms with van der Waals surface area (Å²) in [6, 6.07) is 29.4. The van der Waals surface area contributed by atoms with Crippen LogP contribution in [0.15, 0.2) is 109 Å². The Morgan fingerprint density at radius 3 is 1.34 bits per heavy atom. The molecule has 0 fully saturated rings. The summed E-state index contributed by atoms with van der Waals surface area (Å²) in [5.74, 6) is 0.814. The summed E-state index contributed by atoms with van der Waals surface area (Å²) >= 11 is 0. The smallest absolute Gasteiger partial charge is 0.343 e. The third kappa shape index (κ3) is 5.84. The summed E-state index contributed by atoms with van der Waals surface area (Å²) in [6.07, 6.45) is 0. The van der Waals surface area contributed by atoms with Crippen LogP contribution in [0, 0.1) is 0 Å². The van der Waals surface area contributed by atoms with Crippen molar-refractivity contribution in [3.63, 3.8) is 0 Å². The Labute approximate surface area is 204 Å². The molecule has 5 heteroatoms. The van der Waals surface area contributed by atoms with Gasteiger partial charge in [0.15, 0.2) is 0 Å². The van der Waals surface area contributed by atoms with Gasteiger partial charge in [-0.05, 0) is 77.7 Å². The molecular formula is C30H24O5. The van der Waals surface area contributed by atoms with Gasteiger partial charge in [0.2, 0.25) is 0 Å². The largest absolute Gasteiger partial charge is 0.497 e. The van der Waals surface area contributed by atoms with Gasteiger partial charge in [-0.15, -0.1) is 0 Å². The molecular weight excluding hydrogens is 440 g/mol. The van der Waals surface area contributed by atoms with Crippen molar-refractivity contribution in [2.24, 2.45) is 0 Å². The maximum atomic E-state index is 12.6. The van der Waals surface area contributed by atoms with E-state index in [0.717, 1.165) is 28.0 Å². The van der Waals surface area contributed by atoms with Gasteiger partial charge in [0, 0.05) is 5.57 Å². The Hall–Kier alpha value is -4.64. The van der Waals surface area contributed by atoms with E-state index in [2.05, 4.69) is 6.58 Å². The van der Waals surface area contributed by atoms with Crippen LogP contribution in [0.2, 0.25) is 0 Å². The molecule has 0 radical (unpaired) electrons. The normalized spacial score (nSPS) is 10.3. The first kappa shape index (κ1) is 23.5. The first-order valence-electron chi connectivity index (χ1n) is 11.0. The highest BCUT2D eigenvalue weighted by molar-refractivity contribution is 5.92. The second kappa shape index (κ2) is 10.5. The number of hydrogen-bond acceptors (Lipinski definition) is 5. The molecule has 0 heterocycles. The van der Waals surface area contributed by atoms with Crippen LogP contribution in [0.5, 0.6) is 17.2 Å². The molecule has 174 valence electrons. The molecule has 4 aromatic carbocycles. The van der Waals surface area contributed by atoms with Crippen LogP contribution in [0.3, 0.4) is 0 Å². The molecule has 0 aliphatic rings. The van der Waals surface area contributed by atoms with E-state index in [4.69, 9.17) is 14.2 Å². The molecule has 0 unspecified atom stereocenters. The summed E-state index contributed by atoms with van der Waals surface area (Å²) in [5.41, 5.74) is 4.68. The van der Waals surface area contributed by atoms with Crippen molar-refractivity contribution < 1.29 is 23.8 Å². The molecule has 0 aliphatic heterocycles. The van der Waals surface area contributed by atoms with E-state index in [1.54, 1.807) is 50.4 Å². The summed E-state index contributed by atoms with van der Waals surface area (Å²) in [6.45, 7) is 5.17. The maximum absolute atomic E-state index is 12.6. The standard InChI is InChI=1S/C30H24O5/c1-20(2)29(31)34-27-16-10-23(11-17-27)21-4-6-25(7-5-21)30(32)35-28-18-12-24(13-19-28)22-8-14-26(33-3)15-9-22/h4-19H,1H2,2-3H3. The fourth-order valence-electron chi connectivity index (χ4n) is 3.37. The van der Waals surface area contributed by atoms with Crippen molar-refractivity contribution in [3.05, 3.63) is 115 Å². The lowest BCUT2D eigenvalue weighted by molar-refractivity contribution is -0.130. The zero-order valence-corrected chi connectivity index (χ0v) is 19.5. The zero-order chi connectivity index (χ0) is 24.8. The highest BCUT2D eigenvalue weighted by Crippen LogP contribution is 2.26. The molecule has 0 saturated heterocycles. The van der Waals surface area contributed by atoms with Gasteiger partial charge >= 0.3 is 11.9 Å². The van der Waals surface area contributed by atoms with Gasteiger partial charge in [0.25, 0.3) is 0 Å². The average Bonchev–Trinajstić information content (AvgIpc) is 2.89. The van der Waals surface area contributed by atoms with Gasteiger partial charge in [-0.25, -0.2) is 9.59 Å². The first-order chi connectivity index (χ1) is 16.9. The number of carbonyl (C=O) groups excluding carboxylic acids is 2. The lowest BCUT2D eigenvalue weighted by Crippen LogP contribution is -2.08. The average molecular weight is 465 g/mol. The summed E-state index contributed by atoms with van der Waals surface area (Å²) in [7, 11) is 1.63. The number of benzene rings is 4. The van der Waals surface area contributed by atoms with E-state index in [1.807, 2.05) is 60.7 Å². The first-order valence-corrected chi connectivity index (χ1v) is 11.0. The molecule has 0 aromatic heterocycles. The molecule has 4 rings (SSSR count). The number of carbonyl (C=O) groups is 2. The van der Waals surface area contributed by atoms with Crippen molar-refractivity contribution in [2.75, 3.05) is 7.11 Å². The summed E-state index contributed by atoms with van der Waals surface area (Å²) in [5, 5.41) is 0. The number of esters is 2. The molecule has 35 heavy (non-hydrogen) atoms. The van der Waals surface area contributed by atoms with E-state index < -0.39 is 11.9 Å². The van der Waals surface area contributed by atoms with E-state index in [-0.39, 0.29) is 0 Å². The molecule has 0 atom stereocenters. The topological polar surface area (TPSA) is 61.8 Å². The van der Waals surface area contributed by atoms with Crippen LogP contribution < -0.4 is 14.2 Å². The fourth-order valence-corrected chi connectivity index (χ4v) is 3.37. The monoisotopic (exact) mass is 464 g/mol. The Balaban J connectivity index is 1.39. The fraction of sp³-hybridized carbons (Fsp3) is 0.0667. The minimum atomic E-state index is -0.462. The molecule has 0 N–H and O–H groups in total. The zero-order valence-electron chi connectivity index (χ0n) is 19.5. The van der Waals surface area contributed by atoms with Crippen molar-refractivity contribution >= 4 is 11.9 Å². The third-order valence-corrected chi connectivity index (χ3v) is 5.36. The molecule has 0 bridgehead atoms. The second-order valence-electron chi connectivity index (χ2n) is 7.91. The Kier molecular flexibility index (Phi) is 7.07. The van der Waals surface area contributed by atoms with Crippen LogP contribution in [0.1, 0.15) is 17.3 Å². The predicted octanol–water partition coefficient (Wildman–Crippen LogP) is 6.73. The SMILES string of the molecule is C=C(C)C(=O)Oc1ccc(-c2ccc(C(=O)Oc3ccc(-c4ccc(OC)cc4)cc3)cc2)cc1. The van der Waals surface area contributed by atoms with E-state index in [0.29, 0.717) is 22.6 Å². The van der Waals surface area contributed by atoms with Gasteiger partial charge in [-0.2, -0.15) is 0 Å². The number of methoxy groups -OCH3 is 1. The Bertz CT molecular complexity index is 1330. The third-order valence-electron chi connectivity index (χ3n) is 5.36. The van der Waals surface area contributed by atoms with Gasteiger partial charge in [0.05, 0.1) is 12.7 Å². The lowest BCUT2D eigenvalue weighted by Gasteiger charge is -2.08. The van der Waals surface area contributed by atoms with Crippen molar-refractivity contribution in [2.45, 2.75) is 6.92 Å². The second-order valence-corrected chi connectivity index (χ2v) is 7.91. The van der Waals surface area contributed by atoms with Crippen LogP contribution in [0.25, 0.3) is 22.3 Å². The van der Waals surface area contributed by atoms with Gasteiger partial charge < -0.3 is 14.2 Å². The van der Waals surface area contributed by atoms with Crippen molar-refractivity contribution in [1.29, 1.82) is 0 Å². The van der Waals surface area contributed by atoms with E-state index in [9.17, 15) is 9.59 Å². The van der Waals surface area contributed by atoms with E-state index >= 15 is 0 Å². The van der Waals surface area contributed by atoms with Gasteiger partial charge in [0.1, 0.15) is 17.2 Å². The predicted molar refractivity (Wildman–Crippen MR) is 136 cm³/mol. The Morgan fingerprint density at radius 2 is 0.943 bits per heavy atom. The highest BCUT2D eigenvalue weighted by atomic mass is 16.5.